The molecule has 124 valence electrons. The summed E-state index contributed by atoms with van der Waals surface area (Å²) in [5.74, 6) is 0.0732. The Bertz CT molecular complexity index is 949. The number of ketones is 1. The van der Waals surface area contributed by atoms with Gasteiger partial charge in [-0.05, 0) is 38.1 Å². The Hall–Kier alpha value is -2.14. The quantitative estimate of drug-likeness (QED) is 0.627. The molecular formula is C19H20BrN3O. The number of para-hydroxylation sites is 2. The molecular weight excluding hydrogens is 366 g/mol. The molecule has 0 saturated heterocycles. The van der Waals surface area contributed by atoms with Gasteiger partial charge in [0.05, 0.1) is 17.6 Å². The first kappa shape index (κ1) is 16.7. The van der Waals surface area contributed by atoms with Gasteiger partial charge in [0.2, 0.25) is 5.62 Å². The van der Waals surface area contributed by atoms with E-state index in [0.717, 1.165) is 21.1 Å². The third-order valence-corrected chi connectivity index (χ3v) is 4.45. The van der Waals surface area contributed by atoms with Crippen molar-refractivity contribution in [2.75, 3.05) is 0 Å². The molecule has 0 amide bonds. The van der Waals surface area contributed by atoms with Crippen LogP contribution < -0.4 is 5.62 Å². The molecule has 0 bridgehead atoms. The van der Waals surface area contributed by atoms with Gasteiger partial charge < -0.3 is 9.13 Å². The normalized spacial score (nSPS) is 12.3. The van der Waals surface area contributed by atoms with Crippen LogP contribution in [0.2, 0.25) is 0 Å². The Balaban J connectivity index is 2.11. The number of aryl methyl sites for hydroxylation is 1. The van der Waals surface area contributed by atoms with Crippen LogP contribution in [0.1, 0.15) is 24.2 Å². The largest absolute Gasteiger partial charge is 0.313 e. The Morgan fingerprint density at radius 2 is 1.71 bits per heavy atom. The lowest BCUT2D eigenvalue weighted by Crippen LogP contribution is -2.28. The topological polar surface area (TPSA) is 39.3 Å². The summed E-state index contributed by atoms with van der Waals surface area (Å²) >= 11 is 3.40. The second-order valence-electron chi connectivity index (χ2n) is 6.09. The summed E-state index contributed by atoms with van der Waals surface area (Å²) in [7, 11) is 1.99. The lowest BCUT2D eigenvalue weighted by molar-refractivity contribution is 0.0971. The molecule has 0 aliphatic carbocycles. The number of benzene rings is 2. The molecule has 1 heterocycles. The molecule has 0 aliphatic rings. The third kappa shape index (κ3) is 3.22. The van der Waals surface area contributed by atoms with E-state index in [1.54, 1.807) is 0 Å². The summed E-state index contributed by atoms with van der Waals surface area (Å²) in [6, 6.07) is 15.7. The summed E-state index contributed by atoms with van der Waals surface area (Å²) in [4.78, 5) is 17.5. The van der Waals surface area contributed by atoms with Crippen molar-refractivity contribution in [3.05, 3.63) is 64.2 Å². The number of carbonyl (C=O) groups is 1. The summed E-state index contributed by atoms with van der Waals surface area (Å²) in [6.07, 6.45) is 0. The third-order valence-electron chi connectivity index (χ3n) is 3.92. The average molecular weight is 386 g/mol. The van der Waals surface area contributed by atoms with Gasteiger partial charge in [0.25, 0.3) is 0 Å². The molecule has 0 atom stereocenters. The first-order chi connectivity index (χ1) is 11.5. The van der Waals surface area contributed by atoms with Crippen molar-refractivity contribution >= 4 is 32.7 Å². The van der Waals surface area contributed by atoms with Gasteiger partial charge in [0.1, 0.15) is 0 Å². The van der Waals surface area contributed by atoms with Gasteiger partial charge in [-0.2, -0.15) is 0 Å². The lowest BCUT2D eigenvalue weighted by atomic mass is 10.1. The molecule has 0 saturated carbocycles. The molecule has 1 aromatic heterocycles. The minimum Gasteiger partial charge on any atom is -0.313 e. The van der Waals surface area contributed by atoms with Gasteiger partial charge in [-0.25, -0.2) is 4.99 Å². The molecule has 0 fully saturated rings. The van der Waals surface area contributed by atoms with Crippen LogP contribution in [-0.2, 0) is 13.6 Å². The van der Waals surface area contributed by atoms with Crippen molar-refractivity contribution in [2.45, 2.75) is 26.4 Å². The van der Waals surface area contributed by atoms with Crippen LogP contribution in [-0.4, -0.2) is 21.0 Å². The van der Waals surface area contributed by atoms with E-state index in [0.29, 0.717) is 5.56 Å². The summed E-state index contributed by atoms with van der Waals surface area (Å²) in [5.41, 5.74) is 3.61. The van der Waals surface area contributed by atoms with Crippen molar-refractivity contribution in [3.8, 4) is 0 Å². The van der Waals surface area contributed by atoms with Crippen LogP contribution in [0.25, 0.3) is 11.0 Å². The zero-order valence-corrected chi connectivity index (χ0v) is 15.6. The first-order valence-corrected chi connectivity index (χ1v) is 8.73. The summed E-state index contributed by atoms with van der Waals surface area (Å²) in [6.45, 7) is 4.35. The Morgan fingerprint density at radius 3 is 2.33 bits per heavy atom. The van der Waals surface area contributed by atoms with E-state index in [9.17, 15) is 4.79 Å². The van der Waals surface area contributed by atoms with Crippen LogP contribution in [0.3, 0.4) is 0 Å². The van der Waals surface area contributed by atoms with E-state index >= 15 is 0 Å². The maximum absolute atomic E-state index is 12.7. The molecule has 4 nitrogen and oxygen atoms in total. The molecule has 0 aliphatic heterocycles. The second-order valence-corrected chi connectivity index (χ2v) is 7.00. The highest BCUT2D eigenvalue weighted by Crippen LogP contribution is 2.15. The van der Waals surface area contributed by atoms with Crippen LogP contribution in [0, 0.1) is 0 Å². The van der Waals surface area contributed by atoms with Crippen molar-refractivity contribution in [1.29, 1.82) is 0 Å². The fraction of sp³-hybridized carbons (Fsp3) is 0.263. The van der Waals surface area contributed by atoms with Gasteiger partial charge >= 0.3 is 0 Å². The number of nitrogens with zero attached hydrogens (tertiary/aromatic N) is 3. The Labute approximate surface area is 149 Å². The number of imidazole rings is 1. The number of hydrogen-bond donors (Lipinski definition) is 0. The van der Waals surface area contributed by atoms with E-state index in [-0.39, 0.29) is 18.4 Å². The fourth-order valence-corrected chi connectivity index (χ4v) is 3.05. The number of halogens is 1. The lowest BCUT2D eigenvalue weighted by Gasteiger charge is -2.06. The molecule has 24 heavy (non-hydrogen) atoms. The second kappa shape index (κ2) is 6.77. The molecule has 5 heteroatoms. The van der Waals surface area contributed by atoms with Crippen molar-refractivity contribution in [1.82, 2.24) is 9.13 Å². The number of rotatable bonds is 4. The van der Waals surface area contributed by atoms with Gasteiger partial charge in [0.15, 0.2) is 5.78 Å². The van der Waals surface area contributed by atoms with E-state index in [1.165, 1.54) is 0 Å². The van der Waals surface area contributed by atoms with E-state index in [2.05, 4.69) is 22.0 Å². The molecule has 3 aromatic rings. The van der Waals surface area contributed by atoms with Gasteiger partial charge in [-0.1, -0.05) is 40.2 Å². The van der Waals surface area contributed by atoms with E-state index < -0.39 is 0 Å². The first-order valence-electron chi connectivity index (χ1n) is 7.94. The highest BCUT2D eigenvalue weighted by Gasteiger charge is 2.14. The minimum absolute atomic E-state index is 0.0732. The highest BCUT2D eigenvalue weighted by atomic mass is 79.9. The molecule has 0 N–H and O–H groups in total. The Morgan fingerprint density at radius 1 is 1.08 bits per heavy atom. The molecule has 0 spiro atoms. The van der Waals surface area contributed by atoms with Crippen LogP contribution in [0.4, 0.5) is 0 Å². The maximum Gasteiger partial charge on any atom is 0.206 e. The SMILES string of the molecule is CC(C)/N=c1/n(C)c2ccccc2n1CC(=O)c1ccc(Br)cc1. The van der Waals surface area contributed by atoms with Gasteiger partial charge in [-0.15, -0.1) is 0 Å². The molecule has 0 radical (unpaired) electrons. The molecule has 2 aromatic carbocycles. The Kier molecular flexibility index (Phi) is 4.71. The van der Waals surface area contributed by atoms with Gasteiger partial charge in [-0.3, -0.25) is 4.79 Å². The van der Waals surface area contributed by atoms with Crippen LogP contribution in [0.15, 0.2) is 58.0 Å². The standard InChI is InChI=1S/C19H20BrN3O/c1-13(2)21-19-22(3)16-6-4-5-7-17(16)23(19)12-18(24)14-8-10-15(20)11-9-14/h4-11,13H,12H2,1-3H3/b21-19-. The number of Topliss-reactive ketones (excluding diaryl/α,β-unsaturated/α-hetero) is 1. The number of hydrogen-bond acceptors (Lipinski definition) is 2. The molecule has 0 unspecified atom stereocenters. The van der Waals surface area contributed by atoms with E-state index in [1.807, 2.05) is 72.5 Å². The fourth-order valence-electron chi connectivity index (χ4n) is 2.79. The van der Waals surface area contributed by atoms with Crippen molar-refractivity contribution in [2.24, 2.45) is 12.0 Å². The summed E-state index contributed by atoms with van der Waals surface area (Å²) < 4.78 is 5.01. The zero-order valence-electron chi connectivity index (χ0n) is 14.0. The van der Waals surface area contributed by atoms with E-state index in [4.69, 9.17) is 4.99 Å². The monoisotopic (exact) mass is 385 g/mol. The maximum atomic E-state index is 12.7. The molecule has 3 rings (SSSR count). The summed E-state index contributed by atoms with van der Waals surface area (Å²) in [5, 5.41) is 0. The number of fused-ring (bicyclic) bond motifs is 1. The van der Waals surface area contributed by atoms with Gasteiger partial charge in [0, 0.05) is 23.1 Å². The number of carbonyl (C=O) groups excluding carboxylic acids is 1. The minimum atomic E-state index is 0.0732. The van der Waals surface area contributed by atoms with Crippen LogP contribution in [0.5, 0.6) is 0 Å². The number of aromatic nitrogens is 2. The highest BCUT2D eigenvalue weighted by molar-refractivity contribution is 9.10. The van der Waals surface area contributed by atoms with Crippen molar-refractivity contribution < 1.29 is 4.79 Å². The predicted molar refractivity (Wildman–Crippen MR) is 100 cm³/mol. The smallest absolute Gasteiger partial charge is 0.206 e. The zero-order chi connectivity index (χ0) is 17.3. The van der Waals surface area contributed by atoms with Crippen molar-refractivity contribution in [3.63, 3.8) is 0 Å². The predicted octanol–water partition coefficient (Wildman–Crippen LogP) is 3.93. The van der Waals surface area contributed by atoms with Crippen LogP contribution >= 0.6 is 15.9 Å². The average Bonchev–Trinajstić information content (AvgIpc) is 2.81.